The molecule has 0 saturated heterocycles. The van der Waals surface area contributed by atoms with Crippen molar-refractivity contribution in [1.29, 1.82) is 0 Å². The third-order valence-electron chi connectivity index (χ3n) is 4.59. The van der Waals surface area contributed by atoms with Crippen molar-refractivity contribution in [2.75, 3.05) is 51.7 Å². The van der Waals surface area contributed by atoms with E-state index in [1.165, 1.54) is 12.0 Å². The van der Waals surface area contributed by atoms with Crippen LogP contribution in [0.4, 0.5) is 16.2 Å². The van der Waals surface area contributed by atoms with Crippen molar-refractivity contribution < 1.29 is 24.3 Å². The number of carbonyl (C=O) groups excluding carboxylic acids is 2. The fraction of sp³-hybridized carbons (Fsp3) is 0.364. The Hall–Kier alpha value is -3.30. The molecule has 2 rings (SSSR count). The summed E-state index contributed by atoms with van der Waals surface area (Å²) in [5, 5.41) is 11.9. The van der Waals surface area contributed by atoms with Gasteiger partial charge in [0.05, 0.1) is 13.5 Å². The molecule has 0 aliphatic heterocycles. The molecule has 9 heteroatoms. The van der Waals surface area contributed by atoms with Gasteiger partial charge in [-0.05, 0) is 49.5 Å². The summed E-state index contributed by atoms with van der Waals surface area (Å²) in [6.07, 6.45) is -0.236. The number of nitrogens with zero attached hydrogens (tertiary/aromatic N) is 2. The molecule has 0 fully saturated rings. The molecule has 9 nitrogen and oxygen atoms in total. The third-order valence-corrected chi connectivity index (χ3v) is 4.59. The van der Waals surface area contributed by atoms with Crippen LogP contribution in [0, 0.1) is 0 Å². The van der Waals surface area contributed by atoms with Crippen molar-refractivity contribution in [2.24, 2.45) is 0 Å². The number of rotatable bonds is 10. The van der Waals surface area contributed by atoms with E-state index >= 15 is 0 Å². The minimum Gasteiger partial charge on any atom is -0.494 e. The van der Waals surface area contributed by atoms with E-state index in [4.69, 9.17) is 14.7 Å². The lowest BCUT2D eigenvalue weighted by atomic mass is 10.1. The zero-order valence-electron chi connectivity index (χ0n) is 18.3. The van der Waals surface area contributed by atoms with Crippen molar-refractivity contribution in [2.45, 2.75) is 13.0 Å². The SMILES string of the molecule is COc1cc(COC(=O)N(C)c2ccc(CC(=O)NCCN(C)C)cc2)ccc1NO. The number of anilines is 2. The van der Waals surface area contributed by atoms with E-state index in [1.54, 1.807) is 37.4 Å². The minimum atomic E-state index is -0.516. The van der Waals surface area contributed by atoms with Gasteiger partial charge < -0.3 is 19.7 Å². The van der Waals surface area contributed by atoms with Crippen LogP contribution in [0.5, 0.6) is 5.75 Å². The molecule has 168 valence electrons. The predicted octanol–water partition coefficient (Wildman–Crippen LogP) is 2.49. The third kappa shape index (κ3) is 7.47. The van der Waals surface area contributed by atoms with E-state index in [0.717, 1.165) is 12.1 Å². The van der Waals surface area contributed by atoms with Crippen LogP contribution in [0.1, 0.15) is 11.1 Å². The van der Waals surface area contributed by atoms with Gasteiger partial charge in [-0.15, -0.1) is 0 Å². The molecule has 2 aromatic carbocycles. The van der Waals surface area contributed by atoms with Crippen LogP contribution in [-0.2, 0) is 22.6 Å². The molecule has 0 atom stereocenters. The van der Waals surface area contributed by atoms with Gasteiger partial charge in [0.15, 0.2) is 0 Å². The molecule has 31 heavy (non-hydrogen) atoms. The first-order valence-electron chi connectivity index (χ1n) is 9.82. The number of amides is 2. The van der Waals surface area contributed by atoms with Crippen molar-refractivity contribution in [3.05, 3.63) is 53.6 Å². The summed E-state index contributed by atoms with van der Waals surface area (Å²) in [4.78, 5) is 27.8. The number of nitrogens with one attached hydrogen (secondary N) is 2. The molecule has 2 amide bonds. The average Bonchev–Trinajstić information content (AvgIpc) is 2.76. The highest BCUT2D eigenvalue weighted by Gasteiger charge is 2.14. The Morgan fingerprint density at radius 3 is 2.32 bits per heavy atom. The molecule has 2 aromatic rings. The molecule has 0 radical (unpaired) electrons. The fourth-order valence-electron chi connectivity index (χ4n) is 2.77. The van der Waals surface area contributed by atoms with E-state index in [2.05, 4.69) is 5.32 Å². The lowest BCUT2D eigenvalue weighted by Crippen LogP contribution is -2.32. The van der Waals surface area contributed by atoms with Crippen LogP contribution in [-0.4, -0.2) is 63.4 Å². The van der Waals surface area contributed by atoms with E-state index in [-0.39, 0.29) is 18.9 Å². The second-order valence-corrected chi connectivity index (χ2v) is 7.26. The smallest absolute Gasteiger partial charge is 0.414 e. The van der Waals surface area contributed by atoms with Crippen molar-refractivity contribution in [3.63, 3.8) is 0 Å². The molecule has 0 spiro atoms. The molecule has 0 aliphatic carbocycles. The largest absolute Gasteiger partial charge is 0.494 e. The Balaban J connectivity index is 1.87. The number of methoxy groups -OCH3 is 1. The highest BCUT2D eigenvalue weighted by atomic mass is 16.6. The zero-order valence-corrected chi connectivity index (χ0v) is 18.3. The first kappa shape index (κ1) is 24.0. The van der Waals surface area contributed by atoms with Crippen LogP contribution < -0.4 is 20.4 Å². The molecular weight excluding hydrogens is 400 g/mol. The molecule has 0 bridgehead atoms. The molecule has 0 aromatic heterocycles. The second-order valence-electron chi connectivity index (χ2n) is 7.26. The van der Waals surface area contributed by atoms with Crippen LogP contribution >= 0.6 is 0 Å². The number of carbonyl (C=O) groups is 2. The average molecular weight is 431 g/mol. The van der Waals surface area contributed by atoms with Gasteiger partial charge in [0.1, 0.15) is 18.0 Å². The van der Waals surface area contributed by atoms with Gasteiger partial charge in [-0.2, -0.15) is 0 Å². The maximum Gasteiger partial charge on any atom is 0.414 e. The lowest BCUT2D eigenvalue weighted by Gasteiger charge is -2.18. The van der Waals surface area contributed by atoms with Gasteiger partial charge in [-0.1, -0.05) is 18.2 Å². The highest BCUT2D eigenvalue weighted by Crippen LogP contribution is 2.25. The minimum absolute atomic E-state index is 0.0415. The topological polar surface area (TPSA) is 103 Å². The maximum atomic E-state index is 12.4. The highest BCUT2D eigenvalue weighted by molar-refractivity contribution is 5.87. The van der Waals surface area contributed by atoms with Gasteiger partial charge in [-0.25, -0.2) is 4.79 Å². The number of ether oxygens (including phenoxy) is 2. The van der Waals surface area contributed by atoms with Crippen LogP contribution in [0.2, 0.25) is 0 Å². The Labute approximate surface area is 182 Å². The summed E-state index contributed by atoms with van der Waals surface area (Å²) >= 11 is 0. The van der Waals surface area contributed by atoms with Crippen LogP contribution in [0.25, 0.3) is 0 Å². The van der Waals surface area contributed by atoms with Gasteiger partial charge >= 0.3 is 6.09 Å². The predicted molar refractivity (Wildman–Crippen MR) is 119 cm³/mol. The molecule has 0 saturated carbocycles. The molecule has 0 aliphatic rings. The summed E-state index contributed by atoms with van der Waals surface area (Å²) in [5.74, 6) is 0.394. The van der Waals surface area contributed by atoms with Gasteiger partial charge in [0.2, 0.25) is 5.91 Å². The molecule has 0 unspecified atom stereocenters. The van der Waals surface area contributed by atoms with Gasteiger partial charge in [-0.3, -0.25) is 20.4 Å². The van der Waals surface area contributed by atoms with Crippen molar-refractivity contribution >= 4 is 23.4 Å². The quantitative estimate of drug-likeness (QED) is 0.498. The van der Waals surface area contributed by atoms with E-state index in [1.807, 2.05) is 36.6 Å². The zero-order chi connectivity index (χ0) is 22.8. The Morgan fingerprint density at radius 2 is 1.71 bits per heavy atom. The maximum absolute atomic E-state index is 12.4. The number of likely N-dealkylation sites (N-methyl/N-ethyl adjacent to an activating group) is 1. The Morgan fingerprint density at radius 1 is 1.03 bits per heavy atom. The lowest BCUT2D eigenvalue weighted by molar-refractivity contribution is -0.120. The van der Waals surface area contributed by atoms with Crippen LogP contribution in [0.15, 0.2) is 42.5 Å². The van der Waals surface area contributed by atoms with E-state index < -0.39 is 6.09 Å². The van der Waals surface area contributed by atoms with Gasteiger partial charge in [0.25, 0.3) is 0 Å². The first-order chi connectivity index (χ1) is 14.8. The normalized spacial score (nSPS) is 10.5. The molecular formula is C22H30N4O5. The summed E-state index contributed by atoms with van der Waals surface area (Å²) in [5.41, 5.74) is 4.69. The molecule has 3 N–H and O–H groups in total. The van der Waals surface area contributed by atoms with Gasteiger partial charge in [0, 0.05) is 25.8 Å². The monoisotopic (exact) mass is 430 g/mol. The number of benzene rings is 2. The molecule has 0 heterocycles. The van der Waals surface area contributed by atoms with Crippen molar-refractivity contribution in [3.8, 4) is 5.75 Å². The second kappa shape index (κ2) is 11.8. The van der Waals surface area contributed by atoms with Crippen molar-refractivity contribution in [1.82, 2.24) is 10.2 Å². The number of hydrogen-bond donors (Lipinski definition) is 3. The summed E-state index contributed by atoms with van der Waals surface area (Å²) in [7, 11) is 7.00. The summed E-state index contributed by atoms with van der Waals surface area (Å²) in [6, 6.07) is 12.2. The fourth-order valence-corrected chi connectivity index (χ4v) is 2.77. The van der Waals surface area contributed by atoms with E-state index in [9.17, 15) is 9.59 Å². The Bertz CT molecular complexity index is 871. The van der Waals surface area contributed by atoms with E-state index in [0.29, 0.717) is 29.2 Å². The first-order valence-corrected chi connectivity index (χ1v) is 9.82. The summed E-state index contributed by atoms with van der Waals surface area (Å²) in [6.45, 7) is 1.44. The standard InChI is InChI=1S/C22H30N4O5/c1-25(2)12-11-23-21(27)14-16-5-8-18(9-6-16)26(3)22(28)31-15-17-7-10-19(24-29)20(13-17)30-4/h5-10,13,24,29H,11-12,14-15H2,1-4H3,(H,23,27). The van der Waals surface area contributed by atoms with Crippen LogP contribution in [0.3, 0.4) is 0 Å². The summed E-state index contributed by atoms with van der Waals surface area (Å²) < 4.78 is 10.5. The Kier molecular flexibility index (Phi) is 9.11. The number of hydrogen-bond acceptors (Lipinski definition) is 7.